The number of methoxy groups -OCH3 is 1. The molecule has 1 aromatic heterocycles. The van der Waals surface area contributed by atoms with Crippen molar-refractivity contribution in [1.82, 2.24) is 15.3 Å². The van der Waals surface area contributed by atoms with E-state index in [2.05, 4.69) is 15.3 Å². The molecule has 3 N–H and O–H groups in total. The van der Waals surface area contributed by atoms with Gasteiger partial charge in [-0.15, -0.1) is 11.8 Å². The van der Waals surface area contributed by atoms with Crippen LogP contribution in [-0.2, 0) is 14.3 Å². The van der Waals surface area contributed by atoms with Gasteiger partial charge in [-0.2, -0.15) is 0 Å². The molecule has 1 aromatic rings. The highest BCUT2D eigenvalue weighted by atomic mass is 32.2. The van der Waals surface area contributed by atoms with E-state index in [9.17, 15) is 9.59 Å². The van der Waals surface area contributed by atoms with Crippen molar-refractivity contribution < 1.29 is 14.3 Å². The molecule has 1 heterocycles. The van der Waals surface area contributed by atoms with E-state index in [1.54, 1.807) is 33.2 Å². The Labute approximate surface area is 153 Å². The summed E-state index contributed by atoms with van der Waals surface area (Å²) in [6.45, 7) is 5.71. The zero-order valence-corrected chi connectivity index (χ0v) is 16.2. The minimum Gasteiger partial charge on any atom is -0.369 e. The van der Waals surface area contributed by atoms with Crippen molar-refractivity contribution in [2.75, 3.05) is 19.4 Å². The van der Waals surface area contributed by atoms with Gasteiger partial charge in [0.15, 0.2) is 5.78 Å². The quantitative estimate of drug-likeness (QED) is 0.450. The summed E-state index contributed by atoms with van der Waals surface area (Å²) in [6, 6.07) is -0.549. The molecule has 8 heteroatoms. The second-order valence-corrected chi connectivity index (χ2v) is 7.29. The van der Waals surface area contributed by atoms with Crippen LogP contribution in [0.5, 0.6) is 0 Å². The second-order valence-electron chi connectivity index (χ2n) is 6.25. The molecule has 25 heavy (non-hydrogen) atoms. The number of carbonyl (C=O) groups excluding carboxylic acids is 2. The Morgan fingerprint density at radius 2 is 1.96 bits per heavy atom. The van der Waals surface area contributed by atoms with Crippen LogP contribution in [0.2, 0.25) is 0 Å². The minimum atomic E-state index is -0.982. The molecule has 0 spiro atoms. The van der Waals surface area contributed by atoms with Gasteiger partial charge in [0.1, 0.15) is 11.4 Å². The Balaban J connectivity index is 2.67. The lowest BCUT2D eigenvalue weighted by atomic mass is 10.0. The van der Waals surface area contributed by atoms with E-state index < -0.39 is 11.6 Å². The average molecular weight is 369 g/mol. The van der Waals surface area contributed by atoms with Crippen molar-refractivity contribution in [3.63, 3.8) is 0 Å². The lowest BCUT2D eigenvalue weighted by Gasteiger charge is -2.25. The van der Waals surface area contributed by atoms with Crippen LogP contribution in [0.3, 0.4) is 0 Å². The molecule has 1 amide bonds. The molecule has 0 aliphatic carbocycles. The summed E-state index contributed by atoms with van der Waals surface area (Å²) < 4.78 is 5.18. The van der Waals surface area contributed by atoms with Crippen LogP contribution in [-0.4, -0.2) is 52.7 Å². The van der Waals surface area contributed by atoms with Crippen molar-refractivity contribution in [2.24, 2.45) is 5.73 Å². The fraction of sp³-hybridized carbons (Fsp3) is 0.647. The van der Waals surface area contributed by atoms with Crippen LogP contribution in [0.4, 0.5) is 0 Å². The van der Waals surface area contributed by atoms with E-state index in [1.807, 2.05) is 0 Å². The zero-order valence-electron chi connectivity index (χ0n) is 15.4. The van der Waals surface area contributed by atoms with Crippen molar-refractivity contribution in [3.8, 4) is 0 Å². The summed E-state index contributed by atoms with van der Waals surface area (Å²) in [5.41, 5.74) is 4.54. The number of nitrogens with two attached hydrogens (primary N) is 1. The lowest BCUT2D eigenvalue weighted by molar-refractivity contribution is -0.141. The van der Waals surface area contributed by atoms with Gasteiger partial charge in [0.25, 0.3) is 5.91 Å². The van der Waals surface area contributed by atoms with Crippen LogP contribution in [0.1, 0.15) is 38.9 Å². The molecule has 0 fully saturated rings. The van der Waals surface area contributed by atoms with Crippen molar-refractivity contribution in [3.05, 3.63) is 18.2 Å². The van der Waals surface area contributed by atoms with Crippen LogP contribution >= 0.6 is 11.8 Å². The van der Waals surface area contributed by atoms with Gasteiger partial charge in [-0.05, 0) is 46.6 Å². The molecule has 1 rings (SSSR count). The Hall–Kier alpha value is -1.51. The number of rotatable bonds is 11. The average Bonchev–Trinajstić information content (AvgIpc) is 2.60. The van der Waals surface area contributed by atoms with Gasteiger partial charge in [-0.3, -0.25) is 9.59 Å². The number of carbonyl (C=O) groups is 2. The molecule has 0 bridgehead atoms. The number of aryl methyl sites for hydroxylation is 1. The van der Waals surface area contributed by atoms with Crippen molar-refractivity contribution in [2.45, 2.75) is 56.6 Å². The van der Waals surface area contributed by atoms with E-state index >= 15 is 0 Å². The summed E-state index contributed by atoms with van der Waals surface area (Å²) in [5, 5.41) is 2.81. The Morgan fingerprint density at radius 3 is 2.52 bits per heavy atom. The third kappa shape index (κ3) is 7.50. The summed E-state index contributed by atoms with van der Waals surface area (Å²) in [7, 11) is 1.47. The van der Waals surface area contributed by atoms with Crippen LogP contribution in [0.25, 0.3) is 0 Å². The molecule has 140 valence electrons. The van der Waals surface area contributed by atoms with Gasteiger partial charge in [0, 0.05) is 24.4 Å². The third-order valence-electron chi connectivity index (χ3n) is 3.84. The molecule has 0 aliphatic rings. The SMILES string of the molecule is COC(C)(C)C(=O)N[C@@H](CCCCN)C(=O)CSc1cnc(C)nc1. The zero-order chi connectivity index (χ0) is 18.9. The first-order chi connectivity index (χ1) is 11.8. The summed E-state index contributed by atoms with van der Waals surface area (Å²) in [4.78, 5) is 33.9. The number of nitrogens with one attached hydrogen (secondary N) is 1. The molecule has 1 atom stereocenters. The summed E-state index contributed by atoms with van der Waals surface area (Å²) >= 11 is 1.36. The molecule has 0 aromatic carbocycles. The van der Waals surface area contributed by atoms with Crippen molar-refractivity contribution >= 4 is 23.5 Å². The molecule has 0 saturated carbocycles. The monoisotopic (exact) mass is 368 g/mol. The number of hydrogen-bond acceptors (Lipinski definition) is 7. The highest BCUT2D eigenvalue weighted by Crippen LogP contribution is 2.17. The molecular formula is C17H28N4O3S. The maximum absolute atomic E-state index is 12.6. The van der Waals surface area contributed by atoms with Gasteiger partial charge in [0.05, 0.1) is 11.8 Å². The Kier molecular flexibility index (Phi) is 9.02. The number of hydrogen-bond donors (Lipinski definition) is 2. The number of ether oxygens (including phenoxy) is 1. The Morgan fingerprint density at radius 1 is 1.32 bits per heavy atom. The number of thioether (sulfide) groups is 1. The predicted octanol–water partition coefficient (Wildman–Crippen LogP) is 1.49. The number of amides is 1. The van der Waals surface area contributed by atoms with Gasteiger partial charge < -0.3 is 15.8 Å². The lowest BCUT2D eigenvalue weighted by Crippen LogP contribution is -2.50. The number of nitrogens with zero attached hydrogens (tertiary/aromatic N) is 2. The fourth-order valence-electron chi connectivity index (χ4n) is 1.94. The fourth-order valence-corrected chi connectivity index (χ4v) is 2.71. The largest absolute Gasteiger partial charge is 0.369 e. The van der Waals surface area contributed by atoms with Crippen LogP contribution in [0, 0.1) is 6.92 Å². The highest BCUT2D eigenvalue weighted by molar-refractivity contribution is 8.00. The Bertz CT molecular complexity index is 564. The first kappa shape index (κ1) is 21.5. The van der Waals surface area contributed by atoms with E-state index in [0.29, 0.717) is 18.8 Å². The van der Waals surface area contributed by atoms with Crippen molar-refractivity contribution in [1.29, 1.82) is 0 Å². The van der Waals surface area contributed by atoms with Gasteiger partial charge in [0.2, 0.25) is 0 Å². The number of unbranched alkanes of at least 4 members (excludes halogenated alkanes) is 1. The molecule has 0 radical (unpaired) electrons. The predicted molar refractivity (Wildman–Crippen MR) is 98.4 cm³/mol. The summed E-state index contributed by atoms with van der Waals surface area (Å²) in [5.74, 6) is 0.588. The van der Waals surface area contributed by atoms with Crippen LogP contribution in [0.15, 0.2) is 17.3 Å². The van der Waals surface area contributed by atoms with Gasteiger partial charge >= 0.3 is 0 Å². The number of aromatic nitrogens is 2. The topological polar surface area (TPSA) is 107 Å². The molecule has 0 aliphatic heterocycles. The van der Waals surface area contributed by atoms with E-state index in [4.69, 9.17) is 10.5 Å². The normalized spacial score (nSPS) is 12.7. The molecule has 0 saturated heterocycles. The molecular weight excluding hydrogens is 340 g/mol. The van der Waals surface area contributed by atoms with Crippen LogP contribution < -0.4 is 11.1 Å². The van der Waals surface area contributed by atoms with Gasteiger partial charge in [-0.1, -0.05) is 0 Å². The smallest absolute Gasteiger partial charge is 0.252 e. The first-order valence-corrected chi connectivity index (χ1v) is 9.29. The first-order valence-electron chi connectivity index (χ1n) is 8.30. The van der Waals surface area contributed by atoms with Gasteiger partial charge in [-0.25, -0.2) is 9.97 Å². The summed E-state index contributed by atoms with van der Waals surface area (Å²) in [6.07, 6.45) is 5.53. The highest BCUT2D eigenvalue weighted by Gasteiger charge is 2.30. The number of ketones is 1. The molecule has 0 unspecified atom stereocenters. The number of Topliss-reactive ketones (excluding diaryl/α,β-unsaturated/α-hetero) is 1. The third-order valence-corrected chi connectivity index (χ3v) is 4.81. The maximum atomic E-state index is 12.6. The second kappa shape index (κ2) is 10.5. The maximum Gasteiger partial charge on any atom is 0.252 e. The van der Waals surface area contributed by atoms with E-state index in [0.717, 1.165) is 17.7 Å². The molecule has 7 nitrogen and oxygen atoms in total. The standard InChI is InChI=1S/C17H28N4O3S/c1-12-19-9-13(10-20-12)25-11-15(22)14(7-5-6-8-18)21-16(23)17(2,3)24-4/h9-10,14H,5-8,11,18H2,1-4H3,(H,21,23)/t14-/m0/s1. The van der Waals surface area contributed by atoms with E-state index in [-0.39, 0.29) is 17.4 Å². The van der Waals surface area contributed by atoms with E-state index in [1.165, 1.54) is 18.9 Å². The minimum absolute atomic E-state index is 0.0390.